The average Bonchev–Trinajstić information content (AvgIpc) is 2.84. The minimum Gasteiger partial charge on any atom is -0.459 e. The molecule has 118 valence electrons. The number of halogens is 1. The number of nitrogens with zero attached hydrogens (tertiary/aromatic N) is 4. The second-order valence-electron chi connectivity index (χ2n) is 5.38. The van der Waals surface area contributed by atoms with Crippen molar-refractivity contribution in [1.29, 1.82) is 0 Å². The molecule has 0 N–H and O–H groups in total. The Hall–Kier alpha value is -2.47. The van der Waals surface area contributed by atoms with Crippen molar-refractivity contribution in [1.82, 2.24) is 19.6 Å². The summed E-state index contributed by atoms with van der Waals surface area (Å²) in [5.41, 5.74) is 3.23. The molecule has 0 aliphatic heterocycles. The van der Waals surface area contributed by atoms with Crippen LogP contribution in [0.1, 0.15) is 29.9 Å². The fourth-order valence-corrected chi connectivity index (χ4v) is 2.52. The topological polar surface area (TPSA) is 69.4 Å². The molecule has 0 radical (unpaired) electrons. The second kappa shape index (κ2) is 5.96. The van der Waals surface area contributed by atoms with Crippen molar-refractivity contribution < 1.29 is 9.53 Å². The van der Waals surface area contributed by atoms with Gasteiger partial charge in [0.2, 0.25) is 5.28 Å². The van der Waals surface area contributed by atoms with Gasteiger partial charge >= 0.3 is 5.97 Å². The summed E-state index contributed by atoms with van der Waals surface area (Å²) in [6, 6.07) is 5.64. The minimum atomic E-state index is -0.479. The molecule has 3 heterocycles. The fraction of sp³-hybridized carbons (Fsp3) is 0.250. The Balaban J connectivity index is 2.22. The highest BCUT2D eigenvalue weighted by atomic mass is 35.5. The molecule has 0 saturated carbocycles. The molecule has 0 aliphatic carbocycles. The predicted octanol–water partition coefficient (Wildman–Crippen LogP) is 3.32. The molecule has 0 amide bonds. The van der Waals surface area contributed by atoms with Crippen LogP contribution < -0.4 is 0 Å². The summed E-state index contributed by atoms with van der Waals surface area (Å²) < 4.78 is 7.05. The monoisotopic (exact) mass is 330 g/mol. The van der Waals surface area contributed by atoms with Crippen molar-refractivity contribution in [3.63, 3.8) is 0 Å². The molecule has 3 aromatic heterocycles. The van der Waals surface area contributed by atoms with E-state index in [0.29, 0.717) is 5.69 Å². The first-order valence-electron chi connectivity index (χ1n) is 7.14. The number of ether oxygens (including phenoxy) is 1. The molecule has 0 aromatic carbocycles. The standard InChI is InChI=1S/C16H15ClN4O2/c1-9(2)23-15(22)12-8-18-16(17)20-14(12)11-7-10(3)21-13(11)5-4-6-19-21/h4-9H,1-3H3. The van der Waals surface area contributed by atoms with Crippen LogP contribution in [0, 0.1) is 6.92 Å². The Kier molecular flexibility index (Phi) is 4.00. The Morgan fingerprint density at radius 2 is 2.17 bits per heavy atom. The lowest BCUT2D eigenvalue weighted by Gasteiger charge is -2.10. The van der Waals surface area contributed by atoms with Crippen molar-refractivity contribution >= 4 is 23.1 Å². The molecule has 0 aliphatic rings. The zero-order valence-corrected chi connectivity index (χ0v) is 13.7. The largest absolute Gasteiger partial charge is 0.459 e. The van der Waals surface area contributed by atoms with Crippen LogP contribution in [0.2, 0.25) is 5.28 Å². The molecule has 3 aromatic rings. The Labute approximate surface area is 138 Å². The number of fused-ring (bicyclic) bond motifs is 1. The van der Waals surface area contributed by atoms with Gasteiger partial charge in [0.25, 0.3) is 0 Å². The third-order valence-electron chi connectivity index (χ3n) is 3.29. The van der Waals surface area contributed by atoms with Gasteiger partial charge in [0, 0.05) is 23.7 Å². The molecule has 23 heavy (non-hydrogen) atoms. The number of rotatable bonds is 3. The third kappa shape index (κ3) is 2.90. The number of carbonyl (C=O) groups is 1. The first-order chi connectivity index (χ1) is 11.0. The minimum absolute atomic E-state index is 0.0713. The number of carbonyl (C=O) groups excluding carboxylic acids is 1. The number of hydrogen-bond acceptors (Lipinski definition) is 5. The number of aromatic nitrogens is 4. The maximum atomic E-state index is 12.3. The molecule has 0 fully saturated rings. The van der Waals surface area contributed by atoms with E-state index in [2.05, 4.69) is 15.1 Å². The first-order valence-corrected chi connectivity index (χ1v) is 7.52. The lowest BCUT2D eigenvalue weighted by Crippen LogP contribution is -2.13. The van der Waals surface area contributed by atoms with Crippen molar-refractivity contribution in [2.45, 2.75) is 26.9 Å². The zero-order valence-electron chi connectivity index (χ0n) is 12.9. The van der Waals surface area contributed by atoms with E-state index in [1.807, 2.05) is 25.1 Å². The Bertz CT molecular complexity index is 889. The van der Waals surface area contributed by atoms with Crippen LogP contribution in [0.4, 0.5) is 0 Å². The van der Waals surface area contributed by atoms with Crippen LogP contribution in [0.5, 0.6) is 0 Å². The number of esters is 1. The van der Waals surface area contributed by atoms with E-state index in [4.69, 9.17) is 16.3 Å². The summed E-state index contributed by atoms with van der Waals surface area (Å²) in [6.45, 7) is 5.50. The molecule has 0 bridgehead atoms. The van der Waals surface area contributed by atoms with Crippen LogP contribution in [-0.4, -0.2) is 31.7 Å². The SMILES string of the molecule is Cc1cc(-c2nc(Cl)ncc2C(=O)OC(C)C)c2cccnn12. The maximum Gasteiger partial charge on any atom is 0.342 e. The highest BCUT2D eigenvalue weighted by molar-refractivity contribution is 6.28. The van der Waals surface area contributed by atoms with E-state index < -0.39 is 5.97 Å². The Morgan fingerprint density at radius 3 is 2.91 bits per heavy atom. The van der Waals surface area contributed by atoms with Gasteiger partial charge in [-0.25, -0.2) is 19.3 Å². The molecule has 7 heteroatoms. The second-order valence-corrected chi connectivity index (χ2v) is 5.71. The highest BCUT2D eigenvalue weighted by Gasteiger charge is 2.21. The van der Waals surface area contributed by atoms with Crippen LogP contribution >= 0.6 is 11.6 Å². The summed E-state index contributed by atoms with van der Waals surface area (Å²) in [5, 5.41) is 4.37. The van der Waals surface area contributed by atoms with E-state index in [1.165, 1.54) is 6.20 Å². The van der Waals surface area contributed by atoms with Crippen LogP contribution in [0.15, 0.2) is 30.6 Å². The summed E-state index contributed by atoms with van der Waals surface area (Å²) in [7, 11) is 0. The molecule has 0 spiro atoms. The third-order valence-corrected chi connectivity index (χ3v) is 3.47. The molecule has 0 unspecified atom stereocenters. The molecule has 0 saturated heterocycles. The smallest absolute Gasteiger partial charge is 0.342 e. The van der Waals surface area contributed by atoms with Crippen LogP contribution in [-0.2, 0) is 4.74 Å². The van der Waals surface area contributed by atoms with E-state index in [1.54, 1.807) is 24.6 Å². The van der Waals surface area contributed by atoms with Gasteiger partial charge in [0.05, 0.1) is 17.3 Å². The molecular formula is C16H15ClN4O2. The van der Waals surface area contributed by atoms with Crippen molar-refractivity contribution in [3.8, 4) is 11.3 Å². The van der Waals surface area contributed by atoms with E-state index in [9.17, 15) is 4.79 Å². The zero-order chi connectivity index (χ0) is 16.6. The Morgan fingerprint density at radius 1 is 1.39 bits per heavy atom. The lowest BCUT2D eigenvalue weighted by molar-refractivity contribution is 0.0378. The van der Waals surface area contributed by atoms with Crippen molar-refractivity contribution in [3.05, 3.63) is 47.1 Å². The van der Waals surface area contributed by atoms with E-state index in [-0.39, 0.29) is 17.0 Å². The number of aryl methyl sites for hydroxylation is 1. The quantitative estimate of drug-likeness (QED) is 0.544. The van der Waals surface area contributed by atoms with Crippen LogP contribution in [0.3, 0.4) is 0 Å². The lowest BCUT2D eigenvalue weighted by atomic mass is 10.1. The van der Waals surface area contributed by atoms with Crippen molar-refractivity contribution in [2.24, 2.45) is 0 Å². The normalized spacial score (nSPS) is 11.2. The van der Waals surface area contributed by atoms with Gasteiger partial charge in [0.15, 0.2) is 0 Å². The summed E-state index contributed by atoms with van der Waals surface area (Å²) in [4.78, 5) is 20.5. The fourth-order valence-electron chi connectivity index (χ4n) is 2.38. The average molecular weight is 331 g/mol. The maximum absolute atomic E-state index is 12.3. The summed E-state index contributed by atoms with van der Waals surface area (Å²) in [6.07, 6.45) is 2.86. The number of hydrogen-bond donors (Lipinski definition) is 0. The van der Waals surface area contributed by atoms with Gasteiger partial charge in [0.1, 0.15) is 5.56 Å². The first kappa shape index (κ1) is 15.4. The molecular weight excluding hydrogens is 316 g/mol. The van der Waals surface area contributed by atoms with Gasteiger partial charge in [-0.05, 0) is 50.6 Å². The van der Waals surface area contributed by atoms with Gasteiger partial charge in [-0.3, -0.25) is 0 Å². The van der Waals surface area contributed by atoms with Gasteiger partial charge < -0.3 is 4.74 Å². The highest BCUT2D eigenvalue weighted by Crippen LogP contribution is 2.29. The van der Waals surface area contributed by atoms with Gasteiger partial charge in [-0.2, -0.15) is 5.10 Å². The molecule has 6 nitrogen and oxygen atoms in total. The molecule has 0 atom stereocenters. The summed E-state index contributed by atoms with van der Waals surface area (Å²) >= 11 is 5.94. The predicted molar refractivity (Wildman–Crippen MR) is 86.5 cm³/mol. The van der Waals surface area contributed by atoms with E-state index in [0.717, 1.165) is 16.8 Å². The van der Waals surface area contributed by atoms with Crippen LogP contribution in [0.25, 0.3) is 16.8 Å². The van der Waals surface area contributed by atoms with Gasteiger partial charge in [-0.15, -0.1) is 0 Å². The molecule has 3 rings (SSSR count). The van der Waals surface area contributed by atoms with Gasteiger partial charge in [-0.1, -0.05) is 0 Å². The van der Waals surface area contributed by atoms with Crippen molar-refractivity contribution in [2.75, 3.05) is 0 Å². The summed E-state index contributed by atoms with van der Waals surface area (Å²) in [5.74, 6) is -0.479. The van der Waals surface area contributed by atoms with E-state index >= 15 is 0 Å².